The van der Waals surface area contributed by atoms with E-state index in [0.717, 1.165) is 11.8 Å². The first-order valence-corrected chi connectivity index (χ1v) is 11.8. The third-order valence-electron chi connectivity index (χ3n) is 4.39. The van der Waals surface area contributed by atoms with Crippen molar-refractivity contribution in [1.29, 1.82) is 0 Å². The fraction of sp³-hybridized carbons (Fsp3) is 0.0909. The molecule has 152 valence electrons. The lowest BCUT2D eigenvalue weighted by Gasteiger charge is -2.16. The van der Waals surface area contributed by atoms with Crippen LogP contribution in [0.3, 0.4) is 0 Å². The van der Waals surface area contributed by atoms with Gasteiger partial charge in [-0.25, -0.2) is 13.4 Å². The van der Waals surface area contributed by atoms with Gasteiger partial charge in [0, 0.05) is 12.3 Å². The molecule has 30 heavy (non-hydrogen) atoms. The molecule has 4 aromatic rings. The first-order valence-electron chi connectivity index (χ1n) is 9.08. The van der Waals surface area contributed by atoms with Crippen LogP contribution in [0.5, 0.6) is 0 Å². The minimum atomic E-state index is -3.33. The number of hydrogen-bond donors (Lipinski definition) is 0. The van der Waals surface area contributed by atoms with Gasteiger partial charge < -0.3 is 4.42 Å². The molecule has 6 nitrogen and oxygen atoms in total. The van der Waals surface area contributed by atoms with E-state index >= 15 is 0 Å². The second-order valence-corrected chi connectivity index (χ2v) is 9.67. The summed E-state index contributed by atoms with van der Waals surface area (Å²) < 4.78 is 29.8. The van der Waals surface area contributed by atoms with Gasteiger partial charge in [0.2, 0.25) is 0 Å². The predicted octanol–water partition coefficient (Wildman–Crippen LogP) is 4.54. The summed E-state index contributed by atoms with van der Waals surface area (Å²) in [7, 11) is -3.33. The predicted molar refractivity (Wildman–Crippen MR) is 118 cm³/mol. The smallest absolute Gasteiger partial charge is 0.253 e. The van der Waals surface area contributed by atoms with E-state index in [0.29, 0.717) is 21.1 Å². The van der Waals surface area contributed by atoms with E-state index in [2.05, 4.69) is 4.98 Å². The molecule has 0 fully saturated rings. The molecular formula is C22H18N2O4S2. The number of amides is 1. The lowest BCUT2D eigenvalue weighted by molar-refractivity contribution is -0.114. The zero-order valence-corrected chi connectivity index (χ0v) is 17.7. The molecule has 0 aliphatic heterocycles. The highest BCUT2D eigenvalue weighted by molar-refractivity contribution is 7.90. The Balaban J connectivity index is 1.70. The number of aromatic nitrogens is 1. The van der Waals surface area contributed by atoms with Crippen molar-refractivity contribution in [3.05, 3.63) is 84.3 Å². The van der Waals surface area contributed by atoms with Crippen LogP contribution in [0.2, 0.25) is 0 Å². The Bertz CT molecular complexity index is 1310. The van der Waals surface area contributed by atoms with Gasteiger partial charge in [0.25, 0.3) is 5.91 Å². The number of anilines is 1. The lowest BCUT2D eigenvalue weighted by atomic mass is 10.2. The molecule has 2 aromatic carbocycles. The molecule has 0 radical (unpaired) electrons. The van der Waals surface area contributed by atoms with Crippen LogP contribution in [0.15, 0.2) is 82.3 Å². The van der Waals surface area contributed by atoms with Gasteiger partial charge in [-0.3, -0.25) is 9.69 Å². The standard InChI is InChI=1S/C22H18N2O4S2/c1-30(26,27)18-10-11-19-20(14-18)29-22(23-19)24(15-17-8-5-13-28-17)21(25)12-9-16-6-3-2-4-7-16/h2-14H,15H2,1H3. The van der Waals surface area contributed by atoms with Crippen LogP contribution in [-0.4, -0.2) is 25.6 Å². The maximum absolute atomic E-state index is 13.0. The molecular weight excluding hydrogens is 420 g/mol. The van der Waals surface area contributed by atoms with Crippen LogP contribution in [0.25, 0.3) is 16.3 Å². The van der Waals surface area contributed by atoms with E-state index in [4.69, 9.17) is 4.42 Å². The number of rotatable bonds is 6. The summed E-state index contributed by atoms with van der Waals surface area (Å²) in [5.41, 5.74) is 1.54. The van der Waals surface area contributed by atoms with Crippen LogP contribution in [0, 0.1) is 0 Å². The highest BCUT2D eigenvalue weighted by Gasteiger charge is 2.20. The first kappa shape index (κ1) is 20.1. The lowest BCUT2D eigenvalue weighted by Crippen LogP contribution is -2.28. The highest BCUT2D eigenvalue weighted by Crippen LogP contribution is 2.31. The van der Waals surface area contributed by atoms with Gasteiger partial charge in [-0.2, -0.15) is 0 Å². The Labute approximate surface area is 178 Å². The molecule has 0 spiro atoms. The molecule has 2 aromatic heterocycles. The summed E-state index contributed by atoms with van der Waals surface area (Å²) in [6, 6.07) is 17.8. The number of carbonyl (C=O) groups is 1. The van der Waals surface area contributed by atoms with Gasteiger partial charge in [0.05, 0.1) is 27.9 Å². The zero-order valence-electron chi connectivity index (χ0n) is 16.1. The van der Waals surface area contributed by atoms with Crippen LogP contribution in [-0.2, 0) is 21.2 Å². The topological polar surface area (TPSA) is 80.5 Å². The maximum atomic E-state index is 13.0. The third-order valence-corrected chi connectivity index (χ3v) is 6.54. The largest absolute Gasteiger partial charge is 0.467 e. The molecule has 8 heteroatoms. The fourth-order valence-electron chi connectivity index (χ4n) is 2.86. The van der Waals surface area contributed by atoms with Crippen LogP contribution < -0.4 is 4.90 Å². The molecule has 0 atom stereocenters. The Morgan fingerprint density at radius 2 is 1.93 bits per heavy atom. The number of furan rings is 1. The highest BCUT2D eigenvalue weighted by atomic mass is 32.2. The van der Waals surface area contributed by atoms with Crippen LogP contribution in [0.1, 0.15) is 11.3 Å². The Morgan fingerprint density at radius 1 is 1.13 bits per heavy atom. The Kier molecular flexibility index (Phi) is 5.52. The first-order chi connectivity index (χ1) is 14.4. The molecule has 0 unspecified atom stereocenters. The number of sulfone groups is 1. The Morgan fingerprint density at radius 3 is 2.63 bits per heavy atom. The van der Waals surface area contributed by atoms with Crippen molar-refractivity contribution in [3.63, 3.8) is 0 Å². The average Bonchev–Trinajstić information content (AvgIpc) is 3.39. The molecule has 0 bridgehead atoms. The number of carbonyl (C=O) groups excluding carboxylic acids is 1. The van der Waals surface area contributed by atoms with E-state index in [9.17, 15) is 13.2 Å². The second kappa shape index (κ2) is 8.25. The monoisotopic (exact) mass is 438 g/mol. The second-order valence-electron chi connectivity index (χ2n) is 6.65. The molecule has 4 rings (SSSR count). The molecule has 0 aliphatic carbocycles. The number of nitrogens with zero attached hydrogens (tertiary/aromatic N) is 2. The number of thiazole rings is 1. The zero-order chi connectivity index (χ0) is 21.1. The summed E-state index contributed by atoms with van der Waals surface area (Å²) in [5, 5.41) is 0.467. The van der Waals surface area contributed by atoms with Crippen LogP contribution in [0.4, 0.5) is 5.13 Å². The van der Waals surface area contributed by atoms with Crippen molar-refractivity contribution in [2.45, 2.75) is 11.4 Å². The van der Waals surface area contributed by atoms with Gasteiger partial charge in [0.15, 0.2) is 15.0 Å². The maximum Gasteiger partial charge on any atom is 0.253 e. The minimum absolute atomic E-state index is 0.212. The molecule has 1 amide bonds. The molecule has 0 saturated carbocycles. The Hall–Kier alpha value is -3.23. The van der Waals surface area contributed by atoms with Gasteiger partial charge in [0.1, 0.15) is 5.76 Å². The molecule has 0 aliphatic rings. The number of fused-ring (bicyclic) bond motifs is 1. The summed E-state index contributed by atoms with van der Waals surface area (Å²) >= 11 is 1.26. The van der Waals surface area contributed by atoms with Gasteiger partial charge in [-0.05, 0) is 42.0 Å². The van der Waals surface area contributed by atoms with Crippen LogP contribution >= 0.6 is 11.3 Å². The molecule has 2 heterocycles. The molecule has 0 saturated heterocycles. The number of hydrogen-bond acceptors (Lipinski definition) is 6. The summed E-state index contributed by atoms with van der Waals surface area (Å²) in [5.74, 6) is 0.366. The van der Waals surface area contributed by atoms with Crippen molar-refractivity contribution < 1.29 is 17.6 Å². The van der Waals surface area contributed by atoms with E-state index in [1.807, 2.05) is 30.3 Å². The van der Waals surface area contributed by atoms with Crippen molar-refractivity contribution in [3.8, 4) is 0 Å². The van der Waals surface area contributed by atoms with E-state index in [1.54, 1.807) is 36.6 Å². The summed E-state index contributed by atoms with van der Waals surface area (Å²) in [6.45, 7) is 0.212. The van der Waals surface area contributed by atoms with Gasteiger partial charge in [-0.1, -0.05) is 41.7 Å². The van der Waals surface area contributed by atoms with E-state index in [1.165, 1.54) is 28.4 Å². The van der Waals surface area contributed by atoms with Crippen molar-refractivity contribution >= 4 is 48.5 Å². The SMILES string of the molecule is CS(=O)(=O)c1ccc2nc(N(Cc3ccco3)C(=O)C=Cc3ccccc3)sc2c1. The third kappa shape index (κ3) is 4.50. The van der Waals surface area contributed by atoms with Crippen molar-refractivity contribution in [1.82, 2.24) is 4.98 Å². The minimum Gasteiger partial charge on any atom is -0.467 e. The number of benzene rings is 2. The van der Waals surface area contributed by atoms with Crippen molar-refractivity contribution in [2.75, 3.05) is 11.2 Å². The average molecular weight is 439 g/mol. The van der Waals surface area contributed by atoms with E-state index in [-0.39, 0.29) is 17.3 Å². The molecule has 0 N–H and O–H groups in total. The van der Waals surface area contributed by atoms with Gasteiger partial charge in [-0.15, -0.1) is 0 Å². The summed E-state index contributed by atoms with van der Waals surface area (Å²) in [6.07, 6.45) is 5.95. The van der Waals surface area contributed by atoms with Gasteiger partial charge >= 0.3 is 0 Å². The quantitative estimate of drug-likeness (QED) is 0.413. The normalized spacial score (nSPS) is 11.9. The summed E-state index contributed by atoms with van der Waals surface area (Å²) in [4.78, 5) is 19.3. The van der Waals surface area contributed by atoms with Crippen molar-refractivity contribution in [2.24, 2.45) is 0 Å². The fourth-order valence-corrected chi connectivity index (χ4v) is 4.59. The van der Waals surface area contributed by atoms with E-state index < -0.39 is 9.84 Å².